The third-order valence-corrected chi connectivity index (χ3v) is 3.34. The maximum atomic E-state index is 11.9. The largest absolute Gasteiger partial charge is 0.489 e. The minimum Gasteiger partial charge on any atom is -0.489 e. The Labute approximate surface area is 143 Å². The molecule has 0 aliphatic heterocycles. The van der Waals surface area contributed by atoms with Crippen molar-refractivity contribution in [1.82, 2.24) is 0 Å². The van der Waals surface area contributed by atoms with E-state index in [4.69, 9.17) is 15.2 Å². The SMILES string of the molecule is CC(C)(C)OC(=O)[C@H](N)Cc1ccc(OCc2ccccc2)cc1. The average molecular weight is 327 g/mol. The van der Waals surface area contributed by atoms with E-state index in [0.29, 0.717) is 13.0 Å². The van der Waals surface area contributed by atoms with Gasteiger partial charge in [-0.25, -0.2) is 0 Å². The molecule has 0 aliphatic carbocycles. The molecule has 0 unspecified atom stereocenters. The third kappa shape index (κ3) is 6.05. The van der Waals surface area contributed by atoms with Gasteiger partial charge in [0, 0.05) is 0 Å². The fraction of sp³-hybridized carbons (Fsp3) is 0.350. The second-order valence-corrected chi connectivity index (χ2v) is 6.76. The van der Waals surface area contributed by atoms with Gasteiger partial charge >= 0.3 is 5.97 Å². The highest BCUT2D eigenvalue weighted by Gasteiger charge is 2.22. The van der Waals surface area contributed by atoms with Gasteiger partial charge in [0.05, 0.1) is 0 Å². The van der Waals surface area contributed by atoms with Crippen LogP contribution in [0.1, 0.15) is 31.9 Å². The molecule has 2 rings (SSSR count). The molecule has 0 spiro atoms. The summed E-state index contributed by atoms with van der Waals surface area (Å²) in [5, 5.41) is 0. The number of carbonyl (C=O) groups is 1. The lowest BCUT2D eigenvalue weighted by molar-refractivity contribution is -0.156. The molecule has 0 amide bonds. The van der Waals surface area contributed by atoms with Crippen LogP contribution in [0.5, 0.6) is 5.75 Å². The molecule has 2 N–H and O–H groups in total. The molecule has 0 aromatic heterocycles. The van der Waals surface area contributed by atoms with E-state index in [9.17, 15) is 4.79 Å². The zero-order chi connectivity index (χ0) is 17.6. The fourth-order valence-corrected chi connectivity index (χ4v) is 2.18. The minimum absolute atomic E-state index is 0.382. The smallest absolute Gasteiger partial charge is 0.323 e. The van der Waals surface area contributed by atoms with Crippen LogP contribution in [-0.4, -0.2) is 17.6 Å². The van der Waals surface area contributed by atoms with Gasteiger partial charge in [-0.05, 0) is 50.5 Å². The predicted octanol–water partition coefficient (Wildman–Crippen LogP) is 3.48. The van der Waals surface area contributed by atoms with Crippen LogP contribution < -0.4 is 10.5 Å². The van der Waals surface area contributed by atoms with Crippen molar-refractivity contribution in [2.75, 3.05) is 0 Å². The van der Waals surface area contributed by atoms with E-state index in [1.165, 1.54) is 0 Å². The van der Waals surface area contributed by atoms with Crippen molar-refractivity contribution in [3.05, 3.63) is 65.7 Å². The molecule has 24 heavy (non-hydrogen) atoms. The zero-order valence-corrected chi connectivity index (χ0v) is 14.5. The number of hydrogen-bond acceptors (Lipinski definition) is 4. The number of rotatable bonds is 6. The van der Waals surface area contributed by atoms with Crippen molar-refractivity contribution in [1.29, 1.82) is 0 Å². The second-order valence-electron chi connectivity index (χ2n) is 6.76. The van der Waals surface area contributed by atoms with Crippen LogP contribution in [0, 0.1) is 0 Å². The van der Waals surface area contributed by atoms with Gasteiger partial charge in [-0.2, -0.15) is 0 Å². The summed E-state index contributed by atoms with van der Waals surface area (Å²) in [6.07, 6.45) is 0.438. The Bertz CT molecular complexity index is 645. The third-order valence-electron chi connectivity index (χ3n) is 3.34. The van der Waals surface area contributed by atoms with Gasteiger partial charge in [0.2, 0.25) is 0 Å². The fourth-order valence-electron chi connectivity index (χ4n) is 2.18. The van der Waals surface area contributed by atoms with Crippen LogP contribution in [0.15, 0.2) is 54.6 Å². The molecule has 0 saturated carbocycles. The van der Waals surface area contributed by atoms with Crippen LogP contribution in [-0.2, 0) is 22.6 Å². The lowest BCUT2D eigenvalue weighted by Gasteiger charge is -2.22. The number of ether oxygens (including phenoxy) is 2. The van der Waals surface area contributed by atoms with Crippen LogP contribution in [0.3, 0.4) is 0 Å². The van der Waals surface area contributed by atoms with Crippen LogP contribution in [0.25, 0.3) is 0 Å². The Hall–Kier alpha value is -2.33. The number of benzene rings is 2. The first kappa shape index (κ1) is 18.0. The van der Waals surface area contributed by atoms with E-state index >= 15 is 0 Å². The second kappa shape index (κ2) is 7.97. The van der Waals surface area contributed by atoms with E-state index in [2.05, 4.69) is 0 Å². The Morgan fingerprint density at radius 3 is 2.21 bits per heavy atom. The highest BCUT2D eigenvalue weighted by atomic mass is 16.6. The van der Waals surface area contributed by atoms with Gasteiger partial charge in [-0.3, -0.25) is 4.79 Å². The number of carbonyl (C=O) groups excluding carboxylic acids is 1. The van der Waals surface area contributed by atoms with Crippen LogP contribution in [0.4, 0.5) is 0 Å². The Balaban J connectivity index is 1.86. The monoisotopic (exact) mass is 327 g/mol. The average Bonchev–Trinajstić information content (AvgIpc) is 2.53. The van der Waals surface area contributed by atoms with Crippen LogP contribution >= 0.6 is 0 Å². The maximum Gasteiger partial charge on any atom is 0.323 e. The first-order valence-electron chi connectivity index (χ1n) is 8.07. The molecule has 0 saturated heterocycles. The molecule has 2 aromatic rings. The quantitative estimate of drug-likeness (QED) is 0.825. The molecule has 128 valence electrons. The maximum absolute atomic E-state index is 11.9. The van der Waals surface area contributed by atoms with E-state index < -0.39 is 11.6 Å². The Morgan fingerprint density at radius 2 is 1.62 bits per heavy atom. The number of esters is 1. The molecule has 2 aromatic carbocycles. The summed E-state index contributed by atoms with van der Waals surface area (Å²) in [6, 6.07) is 16.9. The molecular formula is C20H25NO3. The number of hydrogen-bond donors (Lipinski definition) is 1. The predicted molar refractivity (Wildman–Crippen MR) is 94.7 cm³/mol. The van der Waals surface area contributed by atoms with Gasteiger partial charge in [0.1, 0.15) is 24.0 Å². The van der Waals surface area contributed by atoms with Crippen LogP contribution in [0.2, 0.25) is 0 Å². The van der Waals surface area contributed by atoms with Gasteiger partial charge < -0.3 is 15.2 Å². The molecule has 1 atom stereocenters. The standard InChI is InChI=1S/C20H25NO3/c1-20(2,3)24-19(22)18(21)13-15-9-11-17(12-10-15)23-14-16-7-5-4-6-8-16/h4-12,18H,13-14,21H2,1-3H3/t18-/m1/s1. The topological polar surface area (TPSA) is 61.5 Å². The van der Waals surface area contributed by atoms with Crippen molar-refractivity contribution in [3.63, 3.8) is 0 Å². The van der Waals surface area contributed by atoms with Gasteiger partial charge in [-0.1, -0.05) is 42.5 Å². The molecule has 0 aliphatic rings. The highest BCUT2D eigenvalue weighted by molar-refractivity contribution is 5.76. The molecule has 4 nitrogen and oxygen atoms in total. The number of nitrogens with two attached hydrogens (primary N) is 1. The van der Waals surface area contributed by atoms with Gasteiger partial charge in [0.25, 0.3) is 0 Å². The first-order valence-corrected chi connectivity index (χ1v) is 8.07. The van der Waals surface area contributed by atoms with Gasteiger partial charge in [0.15, 0.2) is 0 Å². The lowest BCUT2D eigenvalue weighted by Crippen LogP contribution is -2.38. The summed E-state index contributed by atoms with van der Waals surface area (Å²) in [6.45, 7) is 6.01. The summed E-state index contributed by atoms with van der Waals surface area (Å²) in [5.74, 6) is 0.403. The summed E-state index contributed by atoms with van der Waals surface area (Å²) >= 11 is 0. The molecule has 0 bridgehead atoms. The van der Waals surface area contributed by atoms with E-state index in [1.807, 2.05) is 75.4 Å². The minimum atomic E-state index is -0.666. The van der Waals surface area contributed by atoms with Gasteiger partial charge in [-0.15, -0.1) is 0 Å². The summed E-state index contributed by atoms with van der Waals surface area (Å²) in [7, 11) is 0. The zero-order valence-electron chi connectivity index (χ0n) is 14.5. The van der Waals surface area contributed by atoms with Crippen molar-refractivity contribution in [2.45, 2.75) is 45.4 Å². The van der Waals surface area contributed by atoms with Crippen molar-refractivity contribution >= 4 is 5.97 Å². The van der Waals surface area contributed by atoms with E-state index in [0.717, 1.165) is 16.9 Å². The highest BCUT2D eigenvalue weighted by Crippen LogP contribution is 2.16. The summed E-state index contributed by atoms with van der Waals surface area (Å²) in [4.78, 5) is 11.9. The summed E-state index contributed by atoms with van der Waals surface area (Å²) in [5.41, 5.74) is 7.49. The molecule has 0 radical (unpaired) electrons. The molecule has 0 heterocycles. The normalized spacial score (nSPS) is 12.5. The molecule has 4 heteroatoms. The molecular weight excluding hydrogens is 302 g/mol. The van der Waals surface area contributed by atoms with E-state index in [-0.39, 0.29) is 5.97 Å². The van der Waals surface area contributed by atoms with Crippen molar-refractivity contribution in [3.8, 4) is 5.75 Å². The first-order chi connectivity index (χ1) is 11.3. The molecule has 0 fully saturated rings. The van der Waals surface area contributed by atoms with Crippen molar-refractivity contribution in [2.24, 2.45) is 5.73 Å². The Kier molecular flexibility index (Phi) is 5.99. The lowest BCUT2D eigenvalue weighted by atomic mass is 10.1. The van der Waals surface area contributed by atoms with E-state index in [1.54, 1.807) is 0 Å². The summed E-state index contributed by atoms with van der Waals surface area (Å²) < 4.78 is 11.0. The Morgan fingerprint density at radius 1 is 1.00 bits per heavy atom. The van der Waals surface area contributed by atoms with Crippen molar-refractivity contribution < 1.29 is 14.3 Å².